The molecule has 3 rings (SSSR count). The molecule has 3 aromatic rings. The molecule has 0 bridgehead atoms. The normalized spacial score (nSPS) is 11.6. The molecule has 0 atom stereocenters. The zero-order valence-corrected chi connectivity index (χ0v) is 17.7. The molecule has 2 aromatic carbocycles. The smallest absolute Gasteiger partial charge is 0.244 e. The Bertz CT molecular complexity index is 1110. The van der Waals surface area contributed by atoms with Gasteiger partial charge in [0.15, 0.2) is 9.84 Å². The summed E-state index contributed by atoms with van der Waals surface area (Å²) in [7, 11) is -3.10. The van der Waals surface area contributed by atoms with Gasteiger partial charge in [0.05, 0.1) is 18.0 Å². The maximum atomic E-state index is 12.1. The van der Waals surface area contributed by atoms with Gasteiger partial charge in [0.25, 0.3) is 0 Å². The van der Waals surface area contributed by atoms with E-state index in [9.17, 15) is 13.2 Å². The second kappa shape index (κ2) is 10.0. The van der Waals surface area contributed by atoms with Crippen molar-refractivity contribution in [3.63, 3.8) is 0 Å². The van der Waals surface area contributed by atoms with Crippen LogP contribution in [0.15, 0.2) is 72.9 Å². The average molecular weight is 424 g/mol. The van der Waals surface area contributed by atoms with Crippen LogP contribution >= 0.6 is 0 Å². The van der Waals surface area contributed by atoms with Crippen molar-refractivity contribution in [3.05, 3.63) is 84.1 Å². The number of benzene rings is 2. The molecule has 1 heterocycles. The van der Waals surface area contributed by atoms with Crippen molar-refractivity contribution >= 4 is 21.8 Å². The zero-order valence-electron chi connectivity index (χ0n) is 16.9. The van der Waals surface area contributed by atoms with Crippen molar-refractivity contribution in [2.24, 2.45) is 0 Å². The first-order valence-electron chi connectivity index (χ1n) is 9.80. The number of carbonyl (C=O) groups excluding carboxylic acids is 1. The van der Waals surface area contributed by atoms with Gasteiger partial charge in [0, 0.05) is 35.7 Å². The van der Waals surface area contributed by atoms with Crippen LogP contribution in [0.2, 0.25) is 0 Å². The summed E-state index contributed by atoms with van der Waals surface area (Å²) in [6.07, 6.45) is 5.02. The van der Waals surface area contributed by atoms with Crippen LogP contribution in [-0.4, -0.2) is 42.2 Å². The lowest BCUT2D eigenvalue weighted by atomic mass is 10.1. The second-order valence-corrected chi connectivity index (χ2v) is 9.32. The molecule has 30 heavy (non-hydrogen) atoms. The number of nitrogens with zero attached hydrogens (tertiary/aromatic N) is 2. The molecular weight excluding hydrogens is 398 g/mol. The van der Waals surface area contributed by atoms with Gasteiger partial charge in [0.2, 0.25) is 5.91 Å². The molecule has 0 aliphatic rings. The summed E-state index contributed by atoms with van der Waals surface area (Å²) >= 11 is 0. The van der Waals surface area contributed by atoms with Crippen molar-refractivity contribution in [1.82, 2.24) is 15.1 Å². The molecule has 0 radical (unpaired) electrons. The third kappa shape index (κ3) is 6.15. The summed E-state index contributed by atoms with van der Waals surface area (Å²) in [6, 6.07) is 19.8. The maximum absolute atomic E-state index is 12.1. The molecule has 0 saturated carbocycles. The van der Waals surface area contributed by atoms with E-state index in [1.165, 1.54) is 6.08 Å². The van der Waals surface area contributed by atoms with Crippen LogP contribution in [0.5, 0.6) is 0 Å². The Labute approximate surface area is 177 Å². The molecule has 156 valence electrons. The van der Waals surface area contributed by atoms with Crippen molar-refractivity contribution in [3.8, 4) is 11.3 Å². The molecule has 1 amide bonds. The minimum absolute atomic E-state index is 0.0621. The lowest BCUT2D eigenvalue weighted by molar-refractivity contribution is -0.116. The van der Waals surface area contributed by atoms with Crippen LogP contribution in [0.25, 0.3) is 17.3 Å². The molecule has 1 aromatic heterocycles. The fourth-order valence-electron chi connectivity index (χ4n) is 2.93. The highest BCUT2D eigenvalue weighted by Crippen LogP contribution is 2.23. The van der Waals surface area contributed by atoms with Gasteiger partial charge in [-0.05, 0) is 11.6 Å². The van der Waals surface area contributed by atoms with Gasteiger partial charge in [-0.2, -0.15) is 5.10 Å². The maximum Gasteiger partial charge on any atom is 0.244 e. The molecule has 1 N–H and O–H groups in total. The molecule has 0 aliphatic carbocycles. The Morgan fingerprint density at radius 2 is 1.73 bits per heavy atom. The standard InChI is InChI=1S/C23H25N3O3S/c1-2-30(28,29)16-15-24-22(27)14-13-21-18-26(17-19-9-5-3-6-10-19)25-23(21)20-11-7-4-8-12-20/h3-14,18H,2,15-17H2,1H3,(H,24,27)/b14-13+. The van der Waals surface area contributed by atoms with Gasteiger partial charge in [-0.1, -0.05) is 67.6 Å². The SMILES string of the molecule is CCS(=O)(=O)CCNC(=O)/C=C/c1cn(Cc2ccccc2)nc1-c1ccccc1. The highest BCUT2D eigenvalue weighted by Gasteiger charge is 2.11. The number of carbonyl (C=O) groups is 1. The topological polar surface area (TPSA) is 81.1 Å². The van der Waals surface area contributed by atoms with E-state index in [4.69, 9.17) is 5.10 Å². The summed E-state index contributed by atoms with van der Waals surface area (Å²) in [5.74, 6) is -0.330. The van der Waals surface area contributed by atoms with E-state index < -0.39 is 9.84 Å². The number of aromatic nitrogens is 2. The molecule has 0 unspecified atom stereocenters. The third-order valence-electron chi connectivity index (χ3n) is 4.59. The van der Waals surface area contributed by atoms with E-state index in [2.05, 4.69) is 5.32 Å². The van der Waals surface area contributed by atoms with Crippen LogP contribution in [0.1, 0.15) is 18.1 Å². The number of sulfone groups is 1. The van der Waals surface area contributed by atoms with E-state index in [0.717, 1.165) is 22.4 Å². The highest BCUT2D eigenvalue weighted by atomic mass is 32.2. The Morgan fingerprint density at radius 3 is 2.40 bits per heavy atom. The summed E-state index contributed by atoms with van der Waals surface area (Å²) < 4.78 is 24.9. The van der Waals surface area contributed by atoms with Gasteiger partial charge in [-0.25, -0.2) is 8.42 Å². The molecule has 0 fully saturated rings. The number of rotatable bonds is 9. The van der Waals surface area contributed by atoms with Gasteiger partial charge in [-0.15, -0.1) is 0 Å². The monoisotopic (exact) mass is 423 g/mol. The van der Waals surface area contributed by atoms with E-state index in [1.54, 1.807) is 13.0 Å². The van der Waals surface area contributed by atoms with Crippen molar-refractivity contribution in [2.75, 3.05) is 18.1 Å². The van der Waals surface area contributed by atoms with E-state index >= 15 is 0 Å². The fourth-order valence-corrected chi connectivity index (χ4v) is 3.63. The predicted molar refractivity (Wildman–Crippen MR) is 120 cm³/mol. The first kappa shape index (κ1) is 21.5. The first-order chi connectivity index (χ1) is 14.5. The first-order valence-corrected chi connectivity index (χ1v) is 11.6. The van der Waals surface area contributed by atoms with Gasteiger partial charge < -0.3 is 5.32 Å². The molecule has 7 heteroatoms. The summed E-state index contributed by atoms with van der Waals surface area (Å²) in [4.78, 5) is 12.1. The average Bonchev–Trinajstić information content (AvgIpc) is 3.16. The van der Waals surface area contributed by atoms with Crippen LogP contribution < -0.4 is 5.32 Å². The summed E-state index contributed by atoms with van der Waals surface area (Å²) in [6.45, 7) is 2.31. The fraction of sp³-hybridized carbons (Fsp3) is 0.217. The van der Waals surface area contributed by atoms with Crippen LogP contribution in [0.4, 0.5) is 0 Å². The molecule has 0 spiro atoms. The van der Waals surface area contributed by atoms with E-state index in [0.29, 0.717) is 6.54 Å². The molecule has 0 saturated heterocycles. The molecule has 0 aliphatic heterocycles. The predicted octanol–water partition coefficient (Wildman–Crippen LogP) is 3.16. The van der Waals surface area contributed by atoms with Crippen molar-refractivity contribution < 1.29 is 13.2 Å². The van der Waals surface area contributed by atoms with Crippen molar-refractivity contribution in [1.29, 1.82) is 0 Å². The van der Waals surface area contributed by atoms with Crippen LogP contribution in [-0.2, 0) is 21.2 Å². The number of hydrogen-bond donors (Lipinski definition) is 1. The lowest BCUT2D eigenvalue weighted by Crippen LogP contribution is -2.28. The zero-order chi connectivity index (χ0) is 21.4. The minimum atomic E-state index is -3.10. The number of nitrogens with one attached hydrogen (secondary N) is 1. The quantitative estimate of drug-likeness (QED) is 0.536. The number of amides is 1. The Balaban J connectivity index is 1.76. The second-order valence-electron chi connectivity index (χ2n) is 6.84. The Hall–Kier alpha value is -3.19. The van der Waals surface area contributed by atoms with Gasteiger partial charge >= 0.3 is 0 Å². The van der Waals surface area contributed by atoms with Gasteiger partial charge in [-0.3, -0.25) is 9.48 Å². The third-order valence-corrected chi connectivity index (χ3v) is 6.30. The van der Waals surface area contributed by atoms with Crippen LogP contribution in [0.3, 0.4) is 0 Å². The Kier molecular flexibility index (Phi) is 7.19. The van der Waals surface area contributed by atoms with E-state index in [1.807, 2.05) is 71.5 Å². The van der Waals surface area contributed by atoms with Crippen LogP contribution in [0, 0.1) is 0 Å². The minimum Gasteiger partial charge on any atom is -0.352 e. The van der Waals surface area contributed by atoms with E-state index in [-0.39, 0.29) is 24.0 Å². The highest BCUT2D eigenvalue weighted by molar-refractivity contribution is 7.91. The van der Waals surface area contributed by atoms with Crippen molar-refractivity contribution in [2.45, 2.75) is 13.5 Å². The largest absolute Gasteiger partial charge is 0.352 e. The molecule has 6 nitrogen and oxygen atoms in total. The lowest BCUT2D eigenvalue weighted by Gasteiger charge is -2.02. The summed E-state index contributed by atoms with van der Waals surface area (Å²) in [5.41, 5.74) is 3.68. The summed E-state index contributed by atoms with van der Waals surface area (Å²) in [5, 5.41) is 7.33. The number of hydrogen-bond acceptors (Lipinski definition) is 4. The van der Waals surface area contributed by atoms with Gasteiger partial charge in [0.1, 0.15) is 0 Å². The Morgan fingerprint density at radius 1 is 1.07 bits per heavy atom. The molecular formula is C23H25N3O3S.